The molecule has 0 aliphatic carbocycles. The van der Waals surface area contributed by atoms with Crippen LogP contribution in [0.15, 0.2) is 60.7 Å². The molecule has 3 rings (SSSR count). The molecular formula is C18H14N2O. The van der Waals surface area contributed by atoms with Crippen LogP contribution in [0.5, 0.6) is 0 Å². The van der Waals surface area contributed by atoms with Crippen molar-refractivity contribution in [3.8, 4) is 0 Å². The van der Waals surface area contributed by atoms with Crippen LogP contribution in [-0.4, -0.2) is 15.8 Å². The van der Waals surface area contributed by atoms with Crippen molar-refractivity contribution in [2.45, 2.75) is 6.92 Å². The van der Waals surface area contributed by atoms with Crippen LogP contribution in [0.2, 0.25) is 0 Å². The molecule has 0 amide bonds. The van der Waals surface area contributed by atoms with Crippen LogP contribution in [-0.2, 0) is 0 Å². The van der Waals surface area contributed by atoms with E-state index in [1.54, 1.807) is 12.2 Å². The van der Waals surface area contributed by atoms with Gasteiger partial charge in [-0.25, -0.2) is 9.97 Å². The Morgan fingerprint density at radius 2 is 1.52 bits per heavy atom. The van der Waals surface area contributed by atoms with Gasteiger partial charge in [-0.3, -0.25) is 4.79 Å². The van der Waals surface area contributed by atoms with Crippen LogP contribution < -0.4 is 0 Å². The van der Waals surface area contributed by atoms with Gasteiger partial charge in [-0.2, -0.15) is 0 Å². The zero-order chi connectivity index (χ0) is 14.7. The van der Waals surface area contributed by atoms with Crippen molar-refractivity contribution in [1.29, 1.82) is 0 Å². The van der Waals surface area contributed by atoms with Crippen molar-refractivity contribution in [3.05, 3.63) is 77.6 Å². The molecule has 0 radical (unpaired) electrons. The van der Waals surface area contributed by atoms with E-state index in [-0.39, 0.29) is 5.78 Å². The van der Waals surface area contributed by atoms with Crippen molar-refractivity contribution >= 4 is 22.9 Å². The van der Waals surface area contributed by atoms with Crippen molar-refractivity contribution in [3.63, 3.8) is 0 Å². The number of carbonyl (C=O) groups is 1. The molecule has 0 bridgehead atoms. The number of rotatable bonds is 3. The Bertz CT molecular complexity index is 823. The number of benzene rings is 2. The van der Waals surface area contributed by atoms with E-state index in [0.717, 1.165) is 16.6 Å². The Balaban J connectivity index is 1.94. The average molecular weight is 274 g/mol. The van der Waals surface area contributed by atoms with E-state index < -0.39 is 0 Å². The molecule has 3 aromatic rings. The van der Waals surface area contributed by atoms with Gasteiger partial charge in [-0.15, -0.1) is 0 Å². The molecule has 0 saturated carbocycles. The summed E-state index contributed by atoms with van der Waals surface area (Å²) in [5, 5.41) is 0. The van der Waals surface area contributed by atoms with Crippen LogP contribution in [0.4, 0.5) is 0 Å². The first-order valence-electron chi connectivity index (χ1n) is 6.75. The molecule has 3 heteroatoms. The first-order valence-corrected chi connectivity index (χ1v) is 6.75. The summed E-state index contributed by atoms with van der Waals surface area (Å²) >= 11 is 0. The Hall–Kier alpha value is -2.81. The highest BCUT2D eigenvalue weighted by molar-refractivity contribution is 6.06. The molecule has 0 aliphatic rings. The van der Waals surface area contributed by atoms with Gasteiger partial charge in [0.25, 0.3) is 0 Å². The van der Waals surface area contributed by atoms with E-state index >= 15 is 0 Å². The summed E-state index contributed by atoms with van der Waals surface area (Å²) in [6.07, 6.45) is 3.33. The van der Waals surface area contributed by atoms with Crippen LogP contribution in [0.1, 0.15) is 21.7 Å². The fourth-order valence-electron chi connectivity index (χ4n) is 2.14. The lowest BCUT2D eigenvalue weighted by Crippen LogP contribution is -2.04. The molecule has 0 saturated heterocycles. The number of para-hydroxylation sites is 2. The van der Waals surface area contributed by atoms with Crippen molar-refractivity contribution < 1.29 is 4.79 Å². The van der Waals surface area contributed by atoms with E-state index in [1.165, 1.54) is 0 Å². The maximum absolute atomic E-state index is 12.3. The summed E-state index contributed by atoms with van der Waals surface area (Å²) in [6.45, 7) is 1.81. The van der Waals surface area contributed by atoms with E-state index in [2.05, 4.69) is 9.97 Å². The minimum atomic E-state index is -0.130. The topological polar surface area (TPSA) is 42.9 Å². The lowest BCUT2D eigenvalue weighted by Gasteiger charge is -2.03. The summed E-state index contributed by atoms with van der Waals surface area (Å²) < 4.78 is 0. The Labute approximate surface area is 123 Å². The SMILES string of the molecule is Cc1nc2ccccc2nc1C(=O)/C=C/c1ccccc1. The fourth-order valence-corrected chi connectivity index (χ4v) is 2.14. The van der Waals surface area contributed by atoms with Crippen LogP contribution in [0.25, 0.3) is 17.1 Å². The lowest BCUT2D eigenvalue weighted by molar-refractivity contribution is 0.104. The third kappa shape index (κ3) is 2.87. The zero-order valence-corrected chi connectivity index (χ0v) is 11.7. The highest BCUT2D eigenvalue weighted by atomic mass is 16.1. The molecule has 21 heavy (non-hydrogen) atoms. The van der Waals surface area contributed by atoms with Gasteiger partial charge < -0.3 is 0 Å². The molecule has 3 nitrogen and oxygen atoms in total. The molecule has 0 N–H and O–H groups in total. The molecule has 0 atom stereocenters. The smallest absolute Gasteiger partial charge is 0.206 e. The Morgan fingerprint density at radius 3 is 2.24 bits per heavy atom. The molecule has 1 aromatic heterocycles. The van der Waals surface area contributed by atoms with Gasteiger partial charge >= 0.3 is 0 Å². The third-order valence-electron chi connectivity index (χ3n) is 3.20. The molecule has 102 valence electrons. The third-order valence-corrected chi connectivity index (χ3v) is 3.20. The van der Waals surface area contributed by atoms with Gasteiger partial charge in [0.05, 0.1) is 16.7 Å². The molecule has 1 heterocycles. The minimum Gasteiger partial charge on any atom is -0.287 e. The van der Waals surface area contributed by atoms with Gasteiger partial charge in [-0.1, -0.05) is 48.5 Å². The van der Waals surface area contributed by atoms with Gasteiger partial charge in [0.2, 0.25) is 5.78 Å². The van der Waals surface area contributed by atoms with Gasteiger partial charge in [-0.05, 0) is 30.7 Å². The average Bonchev–Trinajstić information content (AvgIpc) is 2.53. The summed E-state index contributed by atoms with van der Waals surface area (Å²) in [7, 11) is 0. The van der Waals surface area contributed by atoms with E-state index in [1.807, 2.05) is 61.5 Å². The summed E-state index contributed by atoms with van der Waals surface area (Å²) in [6, 6.07) is 17.3. The first kappa shape index (κ1) is 13.2. The maximum atomic E-state index is 12.3. The number of fused-ring (bicyclic) bond motifs is 1. The number of hydrogen-bond acceptors (Lipinski definition) is 3. The van der Waals surface area contributed by atoms with E-state index in [4.69, 9.17) is 0 Å². The number of ketones is 1. The van der Waals surface area contributed by atoms with Crippen molar-refractivity contribution in [1.82, 2.24) is 9.97 Å². The monoisotopic (exact) mass is 274 g/mol. The highest BCUT2D eigenvalue weighted by Gasteiger charge is 2.10. The van der Waals surface area contributed by atoms with Gasteiger partial charge in [0, 0.05) is 0 Å². The zero-order valence-electron chi connectivity index (χ0n) is 11.7. The number of hydrogen-bond donors (Lipinski definition) is 0. The minimum absolute atomic E-state index is 0.130. The second-order valence-corrected chi connectivity index (χ2v) is 4.75. The quantitative estimate of drug-likeness (QED) is 0.538. The van der Waals surface area contributed by atoms with Crippen molar-refractivity contribution in [2.24, 2.45) is 0 Å². The number of aryl methyl sites for hydroxylation is 1. The summed E-state index contributed by atoms with van der Waals surface area (Å²) in [5.41, 5.74) is 3.58. The molecular weight excluding hydrogens is 260 g/mol. The normalized spacial score (nSPS) is 11.1. The number of nitrogens with zero attached hydrogens (tertiary/aromatic N) is 2. The largest absolute Gasteiger partial charge is 0.287 e. The predicted octanol–water partition coefficient (Wildman–Crippen LogP) is 3.83. The Morgan fingerprint density at radius 1 is 0.905 bits per heavy atom. The van der Waals surface area contributed by atoms with Gasteiger partial charge in [0.15, 0.2) is 0 Å². The Kier molecular flexibility index (Phi) is 3.56. The number of allylic oxidation sites excluding steroid dienone is 1. The summed E-state index contributed by atoms with van der Waals surface area (Å²) in [5.74, 6) is -0.130. The highest BCUT2D eigenvalue weighted by Crippen LogP contribution is 2.13. The molecule has 0 unspecified atom stereocenters. The maximum Gasteiger partial charge on any atom is 0.206 e. The van der Waals surface area contributed by atoms with E-state index in [0.29, 0.717) is 11.4 Å². The second kappa shape index (κ2) is 5.67. The lowest BCUT2D eigenvalue weighted by atomic mass is 10.1. The fraction of sp³-hybridized carbons (Fsp3) is 0.0556. The predicted molar refractivity (Wildman–Crippen MR) is 84.1 cm³/mol. The standard InChI is InChI=1S/C18H14N2O/c1-13-18(20-16-10-6-5-9-15(16)19-13)17(21)12-11-14-7-3-2-4-8-14/h2-12H,1H3/b12-11+. The van der Waals surface area contributed by atoms with Gasteiger partial charge in [0.1, 0.15) is 5.69 Å². The van der Waals surface area contributed by atoms with Crippen LogP contribution >= 0.6 is 0 Å². The van der Waals surface area contributed by atoms with Crippen molar-refractivity contribution in [2.75, 3.05) is 0 Å². The summed E-state index contributed by atoms with van der Waals surface area (Å²) in [4.78, 5) is 21.2. The molecule has 0 spiro atoms. The van der Waals surface area contributed by atoms with Crippen LogP contribution in [0, 0.1) is 6.92 Å². The second-order valence-electron chi connectivity index (χ2n) is 4.75. The van der Waals surface area contributed by atoms with E-state index in [9.17, 15) is 4.79 Å². The molecule has 2 aromatic carbocycles. The van der Waals surface area contributed by atoms with Crippen LogP contribution in [0.3, 0.4) is 0 Å². The number of carbonyl (C=O) groups excluding carboxylic acids is 1. The molecule has 0 aliphatic heterocycles. The molecule has 0 fully saturated rings. The first-order chi connectivity index (χ1) is 10.2. The number of aromatic nitrogens is 2.